The lowest BCUT2D eigenvalue weighted by atomic mass is 10.1. The van der Waals surface area contributed by atoms with Gasteiger partial charge in [-0.1, -0.05) is 54.9 Å². The molecular weight excluding hydrogens is 422 g/mol. The quantitative estimate of drug-likeness (QED) is 0.530. The molecule has 3 aromatic carbocycles. The molecule has 3 aromatic rings. The molecule has 32 heavy (non-hydrogen) atoms. The summed E-state index contributed by atoms with van der Waals surface area (Å²) < 4.78 is 5.82. The van der Waals surface area contributed by atoms with E-state index in [0.717, 1.165) is 55.4 Å². The smallest absolute Gasteiger partial charge is 0.255 e. The molecular formula is C26H28ClN3O2. The molecule has 166 valence electrons. The Kier molecular flexibility index (Phi) is 7.30. The number of rotatable bonds is 7. The fourth-order valence-electron chi connectivity index (χ4n) is 3.86. The maximum Gasteiger partial charge on any atom is 0.255 e. The van der Waals surface area contributed by atoms with Gasteiger partial charge in [-0.15, -0.1) is 0 Å². The summed E-state index contributed by atoms with van der Waals surface area (Å²) in [6.45, 7) is 7.45. The molecule has 0 unspecified atom stereocenters. The fraction of sp³-hybridized carbons (Fsp3) is 0.269. The molecule has 1 aliphatic heterocycles. The Morgan fingerprint density at radius 1 is 0.938 bits per heavy atom. The van der Waals surface area contributed by atoms with E-state index < -0.39 is 0 Å². The highest BCUT2D eigenvalue weighted by Gasteiger charge is 2.21. The Bertz CT molecular complexity index is 1030. The van der Waals surface area contributed by atoms with Crippen molar-refractivity contribution in [3.8, 4) is 5.75 Å². The predicted octanol–water partition coefficient (Wildman–Crippen LogP) is 5.31. The van der Waals surface area contributed by atoms with Crippen molar-refractivity contribution < 1.29 is 9.53 Å². The Morgan fingerprint density at radius 3 is 2.34 bits per heavy atom. The Morgan fingerprint density at radius 2 is 1.66 bits per heavy atom. The molecule has 6 heteroatoms. The summed E-state index contributed by atoms with van der Waals surface area (Å²) in [7, 11) is 0. The minimum absolute atomic E-state index is 0.171. The normalized spacial score (nSPS) is 14.2. The number of nitrogens with one attached hydrogen (secondary N) is 1. The zero-order chi connectivity index (χ0) is 22.3. The van der Waals surface area contributed by atoms with E-state index in [4.69, 9.17) is 16.3 Å². The SMILES string of the molecule is CCN1CCN(c2c(Cl)cccc2NC(=O)c2ccc(OCc3ccccc3)cc2)CC1. The van der Waals surface area contributed by atoms with Crippen LogP contribution in [0.5, 0.6) is 5.75 Å². The second kappa shape index (κ2) is 10.5. The maximum atomic E-state index is 12.9. The number of halogens is 1. The van der Waals surface area contributed by atoms with Crippen molar-refractivity contribution >= 4 is 28.9 Å². The number of benzene rings is 3. The summed E-state index contributed by atoms with van der Waals surface area (Å²) in [5, 5.41) is 3.70. The van der Waals surface area contributed by atoms with Crippen LogP contribution in [-0.2, 0) is 6.61 Å². The van der Waals surface area contributed by atoms with E-state index in [9.17, 15) is 4.79 Å². The van der Waals surface area contributed by atoms with Gasteiger partial charge < -0.3 is 19.9 Å². The Labute approximate surface area is 194 Å². The first-order valence-electron chi connectivity index (χ1n) is 11.0. The van der Waals surface area contributed by atoms with Crippen LogP contribution in [0.1, 0.15) is 22.8 Å². The molecule has 0 spiro atoms. The zero-order valence-electron chi connectivity index (χ0n) is 18.3. The maximum absolute atomic E-state index is 12.9. The van der Waals surface area contributed by atoms with Crippen molar-refractivity contribution in [3.63, 3.8) is 0 Å². The zero-order valence-corrected chi connectivity index (χ0v) is 19.0. The minimum atomic E-state index is -0.171. The number of para-hydroxylation sites is 1. The molecule has 1 fully saturated rings. The summed E-state index contributed by atoms with van der Waals surface area (Å²) in [6, 6.07) is 22.8. The average Bonchev–Trinajstić information content (AvgIpc) is 2.84. The van der Waals surface area contributed by atoms with E-state index >= 15 is 0 Å². The Balaban J connectivity index is 1.42. The second-order valence-electron chi connectivity index (χ2n) is 7.81. The molecule has 0 aromatic heterocycles. The number of ether oxygens (including phenoxy) is 1. The van der Waals surface area contributed by atoms with Gasteiger partial charge in [0.05, 0.1) is 16.4 Å². The number of anilines is 2. The van der Waals surface area contributed by atoms with Crippen molar-refractivity contribution in [2.75, 3.05) is 42.9 Å². The third kappa shape index (κ3) is 5.42. The van der Waals surface area contributed by atoms with Gasteiger partial charge in [-0.2, -0.15) is 0 Å². The summed E-state index contributed by atoms with van der Waals surface area (Å²) in [6.07, 6.45) is 0. The number of nitrogens with zero attached hydrogens (tertiary/aromatic N) is 2. The standard InChI is InChI=1S/C26H28ClN3O2/c1-2-29-15-17-30(18-16-29)25-23(27)9-6-10-24(25)28-26(31)21-11-13-22(14-12-21)32-19-20-7-4-3-5-8-20/h3-14H,2,15-19H2,1H3,(H,28,31). The molecule has 1 saturated heterocycles. The van der Waals surface area contributed by atoms with Gasteiger partial charge in [0, 0.05) is 31.7 Å². The molecule has 0 bridgehead atoms. The van der Waals surface area contributed by atoms with Gasteiger partial charge >= 0.3 is 0 Å². The van der Waals surface area contributed by atoms with Crippen LogP contribution >= 0.6 is 11.6 Å². The Hall–Kier alpha value is -3.02. The van der Waals surface area contributed by atoms with Gasteiger partial charge in [0.15, 0.2) is 0 Å². The molecule has 0 atom stereocenters. The topological polar surface area (TPSA) is 44.8 Å². The first kappa shape index (κ1) is 22.2. The van der Waals surface area contributed by atoms with E-state index in [0.29, 0.717) is 17.2 Å². The number of piperazine rings is 1. The molecule has 5 nitrogen and oxygen atoms in total. The lowest BCUT2D eigenvalue weighted by Crippen LogP contribution is -2.46. The lowest BCUT2D eigenvalue weighted by molar-refractivity contribution is 0.102. The third-order valence-electron chi connectivity index (χ3n) is 5.74. The van der Waals surface area contributed by atoms with Gasteiger partial charge in [0.1, 0.15) is 12.4 Å². The van der Waals surface area contributed by atoms with E-state index in [1.54, 1.807) is 12.1 Å². The number of carbonyl (C=O) groups excluding carboxylic acids is 1. The summed E-state index contributed by atoms with van der Waals surface area (Å²) in [5.41, 5.74) is 3.29. The van der Waals surface area contributed by atoms with Crippen LogP contribution in [0.3, 0.4) is 0 Å². The number of hydrogen-bond donors (Lipinski definition) is 1. The van der Waals surface area contributed by atoms with E-state index in [1.165, 1.54) is 0 Å². The van der Waals surface area contributed by atoms with Gasteiger partial charge in [-0.3, -0.25) is 4.79 Å². The number of carbonyl (C=O) groups is 1. The minimum Gasteiger partial charge on any atom is -0.489 e. The van der Waals surface area contributed by atoms with Gasteiger partial charge in [0.25, 0.3) is 5.91 Å². The summed E-state index contributed by atoms with van der Waals surface area (Å²) in [5.74, 6) is 0.554. The predicted molar refractivity (Wildman–Crippen MR) is 131 cm³/mol. The van der Waals surface area contributed by atoms with Crippen LogP contribution in [0.25, 0.3) is 0 Å². The van der Waals surface area contributed by atoms with Crippen LogP contribution in [0, 0.1) is 0 Å². The lowest BCUT2D eigenvalue weighted by Gasteiger charge is -2.36. The van der Waals surface area contributed by atoms with Gasteiger partial charge in [-0.25, -0.2) is 0 Å². The molecule has 1 N–H and O–H groups in total. The van der Waals surface area contributed by atoms with Crippen molar-refractivity contribution in [2.24, 2.45) is 0 Å². The first-order chi connectivity index (χ1) is 15.6. The molecule has 4 rings (SSSR count). The number of likely N-dealkylation sites (N-methyl/N-ethyl adjacent to an activating group) is 1. The van der Waals surface area contributed by atoms with Crippen molar-refractivity contribution in [1.29, 1.82) is 0 Å². The van der Waals surface area contributed by atoms with Crippen LogP contribution in [-0.4, -0.2) is 43.5 Å². The molecule has 1 amide bonds. The van der Waals surface area contributed by atoms with Crippen molar-refractivity contribution in [3.05, 3.63) is 88.9 Å². The molecule has 1 heterocycles. The molecule has 1 aliphatic rings. The van der Waals surface area contributed by atoms with Crippen LogP contribution in [0.15, 0.2) is 72.8 Å². The van der Waals surface area contributed by atoms with E-state index in [-0.39, 0.29) is 5.91 Å². The van der Waals surface area contributed by atoms with Crippen molar-refractivity contribution in [1.82, 2.24) is 4.90 Å². The number of amides is 1. The first-order valence-corrected chi connectivity index (χ1v) is 11.4. The highest BCUT2D eigenvalue weighted by Crippen LogP contribution is 2.35. The van der Waals surface area contributed by atoms with Crippen LogP contribution in [0.4, 0.5) is 11.4 Å². The highest BCUT2D eigenvalue weighted by atomic mass is 35.5. The van der Waals surface area contributed by atoms with Crippen LogP contribution in [0.2, 0.25) is 5.02 Å². The fourth-order valence-corrected chi connectivity index (χ4v) is 4.16. The van der Waals surface area contributed by atoms with Gasteiger partial charge in [-0.05, 0) is 48.5 Å². The van der Waals surface area contributed by atoms with E-state index in [2.05, 4.69) is 22.0 Å². The van der Waals surface area contributed by atoms with Crippen molar-refractivity contribution in [2.45, 2.75) is 13.5 Å². The number of hydrogen-bond acceptors (Lipinski definition) is 4. The average molecular weight is 450 g/mol. The van der Waals surface area contributed by atoms with Crippen LogP contribution < -0.4 is 15.0 Å². The molecule has 0 aliphatic carbocycles. The summed E-state index contributed by atoms with van der Waals surface area (Å²) >= 11 is 6.55. The monoisotopic (exact) mass is 449 g/mol. The van der Waals surface area contributed by atoms with E-state index in [1.807, 2.05) is 60.7 Å². The molecule has 0 saturated carbocycles. The summed E-state index contributed by atoms with van der Waals surface area (Å²) in [4.78, 5) is 17.6. The van der Waals surface area contributed by atoms with Gasteiger partial charge in [0.2, 0.25) is 0 Å². The highest BCUT2D eigenvalue weighted by molar-refractivity contribution is 6.34. The third-order valence-corrected chi connectivity index (χ3v) is 6.04. The largest absolute Gasteiger partial charge is 0.489 e. The second-order valence-corrected chi connectivity index (χ2v) is 8.22. The molecule has 0 radical (unpaired) electrons.